The third-order valence-corrected chi connectivity index (χ3v) is 5.24. The van der Waals surface area contributed by atoms with E-state index in [2.05, 4.69) is 5.32 Å². The van der Waals surface area contributed by atoms with Gasteiger partial charge in [-0.15, -0.1) is 0 Å². The number of benzene rings is 4. The molecule has 5 N–H and O–H groups in total. The Morgan fingerprint density at radius 3 is 2.30 bits per heavy atom. The third-order valence-electron chi connectivity index (χ3n) is 5.24. The fourth-order valence-corrected chi connectivity index (χ4v) is 3.57. The van der Waals surface area contributed by atoms with Crippen LogP contribution in [0.15, 0.2) is 103 Å². The third kappa shape index (κ3) is 5.14. The zero-order valence-electron chi connectivity index (χ0n) is 17.8. The molecule has 0 saturated carbocycles. The lowest BCUT2D eigenvalue weighted by Gasteiger charge is -2.23. The van der Waals surface area contributed by atoms with E-state index >= 15 is 0 Å². The maximum atomic E-state index is 12.5. The molecule has 4 rings (SSSR count). The number of hydrogen-bond acceptors (Lipinski definition) is 5. The predicted molar refractivity (Wildman–Crippen MR) is 130 cm³/mol. The standard InChI is InChI=1S/C27H24N2O4/c28-22-12-6-7-13-23(22)29-26(31)17-16-25(33-18-8-2-1-3-9-18)27(32)21-14-15-24(30)20-11-5-4-10-19(20)21/h1-17,25,27,30,32H,28H2,(H,29,31)/b17-16+/t25-,27-/m1/s1. The first kappa shape index (κ1) is 21.9. The summed E-state index contributed by atoms with van der Waals surface area (Å²) >= 11 is 0. The van der Waals surface area contributed by atoms with Crippen molar-refractivity contribution >= 4 is 28.1 Å². The van der Waals surface area contributed by atoms with Crippen molar-refractivity contribution in [1.29, 1.82) is 0 Å². The molecule has 166 valence electrons. The summed E-state index contributed by atoms with van der Waals surface area (Å²) in [6, 6.07) is 26.4. The Bertz CT molecular complexity index is 1290. The Hall–Kier alpha value is -4.29. The van der Waals surface area contributed by atoms with Crippen molar-refractivity contribution in [2.45, 2.75) is 12.2 Å². The maximum Gasteiger partial charge on any atom is 0.248 e. The number of hydrogen-bond donors (Lipinski definition) is 4. The summed E-state index contributed by atoms with van der Waals surface area (Å²) in [5.74, 6) is 0.261. The van der Waals surface area contributed by atoms with Crippen molar-refractivity contribution in [1.82, 2.24) is 0 Å². The molecule has 6 heteroatoms. The minimum absolute atomic E-state index is 0.123. The van der Waals surface area contributed by atoms with Crippen LogP contribution in [0.4, 0.5) is 11.4 Å². The number of anilines is 2. The summed E-state index contributed by atoms with van der Waals surface area (Å²) in [6.07, 6.45) is 0.834. The molecule has 0 bridgehead atoms. The summed E-state index contributed by atoms with van der Waals surface area (Å²) in [6.45, 7) is 0. The number of ether oxygens (including phenoxy) is 1. The Labute approximate surface area is 191 Å². The number of carbonyl (C=O) groups excluding carboxylic acids is 1. The second-order valence-electron chi connectivity index (χ2n) is 7.50. The highest BCUT2D eigenvalue weighted by Gasteiger charge is 2.23. The lowest BCUT2D eigenvalue weighted by molar-refractivity contribution is -0.112. The molecule has 0 aliphatic carbocycles. The number of rotatable bonds is 7. The van der Waals surface area contributed by atoms with Crippen LogP contribution in [0.3, 0.4) is 0 Å². The molecule has 6 nitrogen and oxygen atoms in total. The van der Waals surface area contributed by atoms with Gasteiger partial charge >= 0.3 is 0 Å². The number of aliphatic hydroxyl groups is 1. The molecule has 0 aliphatic heterocycles. The highest BCUT2D eigenvalue weighted by atomic mass is 16.5. The molecule has 0 aromatic heterocycles. The normalized spacial score (nSPS) is 13.0. The van der Waals surface area contributed by atoms with Crippen molar-refractivity contribution in [3.8, 4) is 11.5 Å². The van der Waals surface area contributed by atoms with Crippen LogP contribution in [0, 0.1) is 0 Å². The van der Waals surface area contributed by atoms with E-state index in [0.717, 1.165) is 0 Å². The van der Waals surface area contributed by atoms with Crippen molar-refractivity contribution < 1.29 is 19.7 Å². The summed E-state index contributed by atoms with van der Waals surface area (Å²) < 4.78 is 6.03. The molecule has 0 aliphatic rings. The number of nitrogens with one attached hydrogen (secondary N) is 1. The predicted octanol–water partition coefficient (Wildman–Crippen LogP) is 4.80. The van der Waals surface area contributed by atoms with Crippen LogP contribution in [0.1, 0.15) is 11.7 Å². The summed E-state index contributed by atoms with van der Waals surface area (Å²) in [5.41, 5.74) is 7.41. The van der Waals surface area contributed by atoms with Gasteiger partial charge in [-0.3, -0.25) is 4.79 Å². The van der Waals surface area contributed by atoms with Crippen molar-refractivity contribution in [2.75, 3.05) is 11.1 Å². The molecule has 33 heavy (non-hydrogen) atoms. The smallest absolute Gasteiger partial charge is 0.248 e. The van der Waals surface area contributed by atoms with E-state index in [4.69, 9.17) is 10.5 Å². The topological polar surface area (TPSA) is 105 Å². The molecule has 4 aromatic rings. The number of phenolic OH excluding ortho intramolecular Hbond substituents is 1. The lowest BCUT2D eigenvalue weighted by Crippen LogP contribution is -2.24. The molecule has 2 atom stereocenters. The van der Waals surface area contributed by atoms with Gasteiger partial charge < -0.3 is 26.0 Å². The minimum Gasteiger partial charge on any atom is -0.507 e. The molecule has 4 aromatic carbocycles. The molecule has 0 spiro atoms. The fraction of sp³-hybridized carbons (Fsp3) is 0.0741. The quantitative estimate of drug-likeness (QED) is 0.244. The van der Waals surface area contributed by atoms with E-state index in [-0.39, 0.29) is 5.75 Å². The molecule has 0 saturated heterocycles. The first-order valence-electron chi connectivity index (χ1n) is 10.5. The van der Waals surface area contributed by atoms with Gasteiger partial charge in [-0.25, -0.2) is 0 Å². The zero-order chi connectivity index (χ0) is 23.2. The summed E-state index contributed by atoms with van der Waals surface area (Å²) in [5, 5.41) is 25.5. The highest BCUT2D eigenvalue weighted by molar-refractivity contribution is 6.01. The van der Waals surface area contributed by atoms with Crippen LogP contribution in [0.25, 0.3) is 10.8 Å². The van der Waals surface area contributed by atoms with Crippen LogP contribution in [0.2, 0.25) is 0 Å². The Balaban J connectivity index is 1.64. The molecular formula is C27H24N2O4. The van der Waals surface area contributed by atoms with Crippen LogP contribution in [0.5, 0.6) is 11.5 Å². The molecular weight excluding hydrogens is 416 g/mol. The lowest BCUT2D eigenvalue weighted by atomic mass is 9.96. The number of fused-ring (bicyclic) bond motifs is 1. The zero-order valence-corrected chi connectivity index (χ0v) is 17.8. The van der Waals surface area contributed by atoms with Crippen LogP contribution in [-0.2, 0) is 4.79 Å². The molecule has 0 unspecified atom stereocenters. The van der Waals surface area contributed by atoms with Crippen LogP contribution in [-0.4, -0.2) is 22.2 Å². The number of para-hydroxylation sites is 3. The number of nitrogen functional groups attached to an aromatic ring is 1. The number of aliphatic hydroxyl groups excluding tert-OH is 1. The van der Waals surface area contributed by atoms with Gasteiger partial charge in [-0.1, -0.05) is 60.7 Å². The van der Waals surface area contributed by atoms with Crippen LogP contribution < -0.4 is 15.8 Å². The van der Waals surface area contributed by atoms with Gasteiger partial charge in [0.2, 0.25) is 5.91 Å². The van der Waals surface area contributed by atoms with Gasteiger partial charge in [0.05, 0.1) is 11.4 Å². The second kappa shape index (κ2) is 9.89. The Kier molecular flexibility index (Phi) is 6.57. The van der Waals surface area contributed by atoms with Crippen molar-refractivity contribution in [2.24, 2.45) is 0 Å². The van der Waals surface area contributed by atoms with E-state index in [9.17, 15) is 15.0 Å². The average Bonchev–Trinajstić information content (AvgIpc) is 2.84. The molecule has 0 fully saturated rings. The number of aromatic hydroxyl groups is 1. The number of phenols is 1. The Morgan fingerprint density at radius 1 is 0.879 bits per heavy atom. The molecule has 0 radical (unpaired) electrons. The number of amides is 1. The van der Waals surface area contributed by atoms with E-state index in [1.165, 1.54) is 18.2 Å². The first-order chi connectivity index (χ1) is 16.0. The average molecular weight is 440 g/mol. The van der Waals surface area contributed by atoms with Gasteiger partial charge in [-0.2, -0.15) is 0 Å². The molecule has 0 heterocycles. The van der Waals surface area contributed by atoms with E-state index < -0.39 is 18.1 Å². The van der Waals surface area contributed by atoms with Gasteiger partial charge in [0.25, 0.3) is 0 Å². The van der Waals surface area contributed by atoms with Gasteiger partial charge in [0.15, 0.2) is 0 Å². The van der Waals surface area contributed by atoms with E-state index in [1.54, 1.807) is 48.5 Å². The van der Waals surface area contributed by atoms with Crippen molar-refractivity contribution in [3.63, 3.8) is 0 Å². The number of carbonyl (C=O) groups is 1. The first-order valence-corrected chi connectivity index (χ1v) is 10.5. The van der Waals surface area contributed by atoms with Crippen LogP contribution >= 0.6 is 0 Å². The van der Waals surface area contributed by atoms with E-state index in [0.29, 0.717) is 33.5 Å². The summed E-state index contributed by atoms with van der Waals surface area (Å²) in [7, 11) is 0. The van der Waals surface area contributed by atoms with Gasteiger partial charge in [0.1, 0.15) is 23.7 Å². The second-order valence-corrected chi connectivity index (χ2v) is 7.50. The van der Waals surface area contributed by atoms with Crippen molar-refractivity contribution in [3.05, 3.63) is 109 Å². The molecule has 1 amide bonds. The monoisotopic (exact) mass is 440 g/mol. The van der Waals surface area contributed by atoms with Gasteiger partial charge in [0, 0.05) is 11.5 Å². The number of nitrogens with two attached hydrogens (primary N) is 1. The maximum absolute atomic E-state index is 12.5. The Morgan fingerprint density at radius 2 is 1.55 bits per heavy atom. The summed E-state index contributed by atoms with van der Waals surface area (Å²) in [4.78, 5) is 12.5. The van der Waals surface area contributed by atoms with E-state index in [1.807, 2.05) is 36.4 Å². The fourth-order valence-electron chi connectivity index (χ4n) is 3.57. The minimum atomic E-state index is -1.11. The highest BCUT2D eigenvalue weighted by Crippen LogP contribution is 2.33. The largest absolute Gasteiger partial charge is 0.507 e. The van der Waals surface area contributed by atoms with Gasteiger partial charge in [-0.05, 0) is 47.4 Å². The SMILES string of the molecule is Nc1ccccc1NC(=O)/C=C/[C@@H](Oc1ccccc1)[C@H](O)c1ccc(O)c2ccccc12.